The molecule has 0 aliphatic heterocycles. The molecule has 0 spiro atoms. The monoisotopic (exact) mass is 286 g/mol. The molecule has 0 heterocycles. The van der Waals surface area contributed by atoms with Gasteiger partial charge in [0.1, 0.15) is 5.75 Å². The average molecular weight is 286 g/mol. The molecule has 0 fully saturated rings. The first-order chi connectivity index (χ1) is 10.1. The Hall–Kier alpha value is -1.58. The van der Waals surface area contributed by atoms with Crippen molar-refractivity contribution in [2.75, 3.05) is 27.7 Å². The molecule has 0 bridgehead atoms. The fourth-order valence-electron chi connectivity index (χ4n) is 2.36. The summed E-state index contributed by atoms with van der Waals surface area (Å²) in [6.45, 7) is 4.28. The minimum atomic E-state index is 0.527. The van der Waals surface area contributed by atoms with Gasteiger partial charge in [-0.1, -0.05) is 18.2 Å². The molecule has 2 aromatic rings. The highest BCUT2D eigenvalue weighted by atomic mass is 16.5. The zero-order valence-corrected chi connectivity index (χ0v) is 13.5. The molecule has 2 aromatic carbocycles. The third-order valence-corrected chi connectivity index (χ3v) is 3.78. The fraction of sp³-hybridized carbons (Fsp3) is 0.444. The number of benzene rings is 2. The van der Waals surface area contributed by atoms with Crippen LogP contribution in [0, 0.1) is 0 Å². The Labute approximate surface area is 127 Å². The highest BCUT2D eigenvalue weighted by Gasteiger charge is 2.03. The number of hydrogen-bond acceptors (Lipinski definition) is 3. The van der Waals surface area contributed by atoms with Gasteiger partial charge < -0.3 is 15.0 Å². The van der Waals surface area contributed by atoms with Crippen LogP contribution in [0.25, 0.3) is 10.8 Å². The standard InChI is InChI=1S/C18H26N2O/c1-14(9-10-20(2)3)19-13-15-5-6-17-12-18(21-4)8-7-16(17)11-15/h5-8,11-12,14,19H,9-10,13H2,1-4H3. The first-order valence-corrected chi connectivity index (χ1v) is 7.53. The summed E-state index contributed by atoms with van der Waals surface area (Å²) in [6, 6.07) is 13.3. The highest BCUT2D eigenvalue weighted by molar-refractivity contribution is 5.84. The topological polar surface area (TPSA) is 24.5 Å². The zero-order chi connectivity index (χ0) is 15.2. The predicted molar refractivity (Wildman–Crippen MR) is 90.0 cm³/mol. The number of nitrogens with zero attached hydrogens (tertiary/aromatic N) is 1. The molecule has 3 heteroatoms. The van der Waals surface area contributed by atoms with E-state index in [1.807, 2.05) is 6.07 Å². The van der Waals surface area contributed by atoms with Gasteiger partial charge in [0.05, 0.1) is 7.11 Å². The van der Waals surface area contributed by atoms with Crippen LogP contribution in [0.1, 0.15) is 18.9 Å². The Morgan fingerprint density at radius 2 is 1.81 bits per heavy atom. The Balaban J connectivity index is 1.96. The van der Waals surface area contributed by atoms with Crippen molar-refractivity contribution < 1.29 is 4.74 Å². The van der Waals surface area contributed by atoms with Crippen LogP contribution in [0.5, 0.6) is 5.75 Å². The Kier molecular flexibility index (Phi) is 5.59. The van der Waals surface area contributed by atoms with E-state index in [1.165, 1.54) is 16.3 Å². The summed E-state index contributed by atoms with van der Waals surface area (Å²) in [5, 5.41) is 6.07. The van der Waals surface area contributed by atoms with Crippen LogP contribution in [-0.2, 0) is 6.54 Å². The van der Waals surface area contributed by atoms with Gasteiger partial charge in [-0.15, -0.1) is 0 Å². The molecule has 1 unspecified atom stereocenters. The molecule has 114 valence electrons. The first-order valence-electron chi connectivity index (χ1n) is 7.53. The average Bonchev–Trinajstić information content (AvgIpc) is 2.50. The maximum absolute atomic E-state index is 5.26. The molecule has 1 atom stereocenters. The zero-order valence-electron chi connectivity index (χ0n) is 13.5. The highest BCUT2D eigenvalue weighted by Crippen LogP contribution is 2.21. The van der Waals surface area contributed by atoms with Gasteiger partial charge in [-0.2, -0.15) is 0 Å². The van der Waals surface area contributed by atoms with E-state index >= 15 is 0 Å². The van der Waals surface area contributed by atoms with Crippen molar-refractivity contribution in [2.24, 2.45) is 0 Å². The van der Waals surface area contributed by atoms with E-state index in [4.69, 9.17) is 4.74 Å². The van der Waals surface area contributed by atoms with E-state index in [2.05, 4.69) is 61.6 Å². The van der Waals surface area contributed by atoms with Gasteiger partial charge in [0.25, 0.3) is 0 Å². The molecule has 0 aromatic heterocycles. The van der Waals surface area contributed by atoms with Crippen LogP contribution < -0.4 is 10.1 Å². The van der Waals surface area contributed by atoms with Gasteiger partial charge in [-0.3, -0.25) is 0 Å². The van der Waals surface area contributed by atoms with Crippen molar-refractivity contribution >= 4 is 10.8 Å². The smallest absolute Gasteiger partial charge is 0.119 e. The summed E-state index contributed by atoms with van der Waals surface area (Å²) < 4.78 is 5.26. The van der Waals surface area contributed by atoms with Crippen LogP contribution >= 0.6 is 0 Å². The lowest BCUT2D eigenvalue weighted by Gasteiger charge is -2.17. The molecule has 0 aliphatic carbocycles. The van der Waals surface area contributed by atoms with Crippen LogP contribution in [-0.4, -0.2) is 38.7 Å². The summed E-state index contributed by atoms with van der Waals surface area (Å²) in [5.74, 6) is 0.908. The quantitative estimate of drug-likeness (QED) is 0.845. The van der Waals surface area contributed by atoms with Crippen molar-refractivity contribution in [3.63, 3.8) is 0 Å². The molecular weight excluding hydrogens is 260 g/mol. The van der Waals surface area contributed by atoms with E-state index in [9.17, 15) is 0 Å². The van der Waals surface area contributed by atoms with Gasteiger partial charge in [0, 0.05) is 12.6 Å². The van der Waals surface area contributed by atoms with Gasteiger partial charge >= 0.3 is 0 Å². The van der Waals surface area contributed by atoms with Gasteiger partial charge in [0.15, 0.2) is 0 Å². The number of hydrogen-bond donors (Lipinski definition) is 1. The van der Waals surface area contributed by atoms with Gasteiger partial charge in [-0.25, -0.2) is 0 Å². The Bertz CT molecular complexity index is 580. The molecule has 21 heavy (non-hydrogen) atoms. The second kappa shape index (κ2) is 7.43. The summed E-state index contributed by atoms with van der Waals surface area (Å²) in [7, 11) is 5.93. The first kappa shape index (κ1) is 15.8. The Morgan fingerprint density at radius 3 is 2.52 bits per heavy atom. The minimum Gasteiger partial charge on any atom is -0.497 e. The molecule has 0 saturated heterocycles. The predicted octanol–water partition coefficient (Wildman–Crippen LogP) is 3.28. The van der Waals surface area contributed by atoms with E-state index in [0.29, 0.717) is 6.04 Å². The second-order valence-corrected chi connectivity index (χ2v) is 5.92. The Morgan fingerprint density at radius 1 is 1.10 bits per heavy atom. The number of methoxy groups -OCH3 is 1. The lowest BCUT2D eigenvalue weighted by atomic mass is 10.1. The third kappa shape index (κ3) is 4.73. The number of fused-ring (bicyclic) bond motifs is 1. The van der Waals surface area contributed by atoms with Crippen LogP contribution in [0.15, 0.2) is 36.4 Å². The lowest BCUT2D eigenvalue weighted by molar-refractivity contribution is 0.365. The molecular formula is C18H26N2O. The minimum absolute atomic E-state index is 0.527. The van der Waals surface area contributed by atoms with E-state index in [-0.39, 0.29) is 0 Å². The van der Waals surface area contributed by atoms with Crippen LogP contribution in [0.2, 0.25) is 0 Å². The molecule has 0 radical (unpaired) electrons. The summed E-state index contributed by atoms with van der Waals surface area (Å²) >= 11 is 0. The normalized spacial score (nSPS) is 12.8. The summed E-state index contributed by atoms with van der Waals surface area (Å²) in [4.78, 5) is 2.22. The number of ether oxygens (including phenoxy) is 1. The van der Waals surface area contributed by atoms with Crippen molar-refractivity contribution in [3.8, 4) is 5.75 Å². The molecule has 0 aliphatic rings. The van der Waals surface area contributed by atoms with Crippen molar-refractivity contribution in [1.82, 2.24) is 10.2 Å². The van der Waals surface area contributed by atoms with Crippen molar-refractivity contribution in [3.05, 3.63) is 42.0 Å². The molecule has 1 N–H and O–H groups in total. The van der Waals surface area contributed by atoms with Crippen molar-refractivity contribution in [1.29, 1.82) is 0 Å². The third-order valence-electron chi connectivity index (χ3n) is 3.78. The van der Waals surface area contributed by atoms with E-state index < -0.39 is 0 Å². The van der Waals surface area contributed by atoms with E-state index in [0.717, 1.165) is 25.3 Å². The molecule has 3 nitrogen and oxygen atoms in total. The van der Waals surface area contributed by atoms with Crippen LogP contribution in [0.3, 0.4) is 0 Å². The second-order valence-electron chi connectivity index (χ2n) is 5.92. The maximum atomic E-state index is 5.26. The number of nitrogens with one attached hydrogen (secondary N) is 1. The molecule has 2 rings (SSSR count). The van der Waals surface area contributed by atoms with Crippen molar-refractivity contribution in [2.45, 2.75) is 25.9 Å². The van der Waals surface area contributed by atoms with Gasteiger partial charge in [-0.05, 0) is 68.5 Å². The summed E-state index contributed by atoms with van der Waals surface area (Å²) in [5.41, 5.74) is 1.32. The van der Waals surface area contributed by atoms with E-state index in [1.54, 1.807) is 7.11 Å². The largest absolute Gasteiger partial charge is 0.497 e. The lowest BCUT2D eigenvalue weighted by Crippen LogP contribution is -2.29. The SMILES string of the molecule is COc1ccc2cc(CNC(C)CCN(C)C)ccc2c1. The molecule has 0 saturated carbocycles. The molecule has 0 amide bonds. The van der Waals surface area contributed by atoms with Crippen LogP contribution in [0.4, 0.5) is 0 Å². The summed E-state index contributed by atoms with van der Waals surface area (Å²) in [6.07, 6.45) is 1.16. The maximum Gasteiger partial charge on any atom is 0.119 e. The fourth-order valence-corrected chi connectivity index (χ4v) is 2.36. The van der Waals surface area contributed by atoms with Gasteiger partial charge in [0.2, 0.25) is 0 Å². The number of rotatable bonds is 7.